The van der Waals surface area contributed by atoms with Crippen LogP contribution < -0.4 is 10.3 Å². The van der Waals surface area contributed by atoms with E-state index in [0.717, 1.165) is 37.4 Å². The van der Waals surface area contributed by atoms with Gasteiger partial charge >= 0.3 is 0 Å². The topological polar surface area (TPSA) is 80.0 Å². The van der Waals surface area contributed by atoms with Crippen LogP contribution in [0.15, 0.2) is 47.6 Å². The highest BCUT2D eigenvalue weighted by atomic mass is 16.6. The summed E-state index contributed by atoms with van der Waals surface area (Å²) in [6.07, 6.45) is 1.75. The summed E-state index contributed by atoms with van der Waals surface area (Å²) in [6.45, 7) is 5.41. The van der Waals surface area contributed by atoms with E-state index in [9.17, 15) is 10.1 Å². The molecule has 1 saturated heterocycles. The van der Waals surface area contributed by atoms with E-state index in [-0.39, 0.29) is 5.69 Å². The van der Waals surface area contributed by atoms with Crippen molar-refractivity contribution in [3.63, 3.8) is 0 Å². The second-order valence-electron chi connectivity index (χ2n) is 5.81. The van der Waals surface area contributed by atoms with E-state index in [1.165, 1.54) is 17.8 Å². The van der Waals surface area contributed by atoms with Crippen LogP contribution in [0.5, 0.6) is 0 Å². The molecule has 1 heterocycles. The molecule has 130 valence electrons. The van der Waals surface area contributed by atoms with Crippen LogP contribution in [-0.4, -0.2) is 37.4 Å². The van der Waals surface area contributed by atoms with Crippen LogP contribution >= 0.6 is 0 Å². The van der Waals surface area contributed by atoms with Crippen molar-refractivity contribution in [3.05, 3.63) is 63.7 Å². The van der Waals surface area contributed by atoms with E-state index in [0.29, 0.717) is 5.69 Å². The van der Waals surface area contributed by atoms with E-state index in [4.69, 9.17) is 4.74 Å². The Hall–Kier alpha value is -2.93. The first kappa shape index (κ1) is 16.9. The molecule has 3 rings (SSSR count). The molecule has 0 radical (unpaired) electrons. The minimum absolute atomic E-state index is 0.0593. The van der Waals surface area contributed by atoms with E-state index >= 15 is 0 Å². The molecule has 0 unspecified atom stereocenters. The number of nitro groups is 1. The number of hydrazone groups is 1. The number of ether oxygens (including phenoxy) is 1. The minimum Gasteiger partial charge on any atom is -0.378 e. The molecule has 1 aliphatic heterocycles. The average Bonchev–Trinajstić information content (AvgIpc) is 2.64. The first-order valence-electron chi connectivity index (χ1n) is 8.10. The molecule has 0 bridgehead atoms. The third-order valence-corrected chi connectivity index (χ3v) is 4.11. The molecule has 0 aromatic heterocycles. The van der Waals surface area contributed by atoms with Crippen LogP contribution in [0, 0.1) is 17.0 Å². The largest absolute Gasteiger partial charge is 0.378 e. The number of rotatable bonds is 5. The molecular weight excluding hydrogens is 320 g/mol. The van der Waals surface area contributed by atoms with Crippen molar-refractivity contribution in [1.82, 2.24) is 0 Å². The quantitative estimate of drug-likeness (QED) is 0.514. The fraction of sp³-hybridized carbons (Fsp3) is 0.278. The molecule has 0 spiro atoms. The zero-order valence-electron chi connectivity index (χ0n) is 14.0. The number of non-ortho nitro benzene ring substituents is 1. The van der Waals surface area contributed by atoms with Gasteiger partial charge in [0.2, 0.25) is 0 Å². The highest BCUT2D eigenvalue weighted by Crippen LogP contribution is 2.20. The maximum absolute atomic E-state index is 10.6. The van der Waals surface area contributed by atoms with Gasteiger partial charge in [0.15, 0.2) is 0 Å². The zero-order chi connectivity index (χ0) is 17.6. The minimum atomic E-state index is -0.424. The zero-order valence-corrected chi connectivity index (χ0v) is 14.0. The summed E-state index contributed by atoms with van der Waals surface area (Å²) in [4.78, 5) is 12.5. The van der Waals surface area contributed by atoms with Gasteiger partial charge in [0.1, 0.15) is 0 Å². The number of nitro benzene ring substituents is 1. The Morgan fingerprint density at radius 1 is 1.20 bits per heavy atom. The second-order valence-corrected chi connectivity index (χ2v) is 5.81. The number of nitrogens with zero attached hydrogens (tertiary/aromatic N) is 3. The first-order chi connectivity index (χ1) is 12.1. The Labute approximate surface area is 146 Å². The summed E-state index contributed by atoms with van der Waals surface area (Å²) in [5.74, 6) is 0. The Morgan fingerprint density at radius 2 is 1.92 bits per heavy atom. The number of anilines is 2. The van der Waals surface area contributed by atoms with Crippen LogP contribution in [0.25, 0.3) is 0 Å². The molecule has 0 aliphatic carbocycles. The van der Waals surface area contributed by atoms with Gasteiger partial charge in [-0.05, 0) is 42.3 Å². The highest BCUT2D eigenvalue weighted by molar-refractivity contribution is 5.83. The predicted molar refractivity (Wildman–Crippen MR) is 98.5 cm³/mol. The number of morpholine rings is 1. The van der Waals surface area contributed by atoms with Crippen molar-refractivity contribution >= 4 is 23.3 Å². The molecule has 2 aromatic carbocycles. The van der Waals surface area contributed by atoms with Crippen LogP contribution in [0.4, 0.5) is 17.1 Å². The Bertz CT molecular complexity index is 768. The van der Waals surface area contributed by atoms with E-state index < -0.39 is 4.92 Å². The molecule has 1 N–H and O–H groups in total. The van der Waals surface area contributed by atoms with Crippen molar-refractivity contribution in [3.8, 4) is 0 Å². The maximum atomic E-state index is 10.6. The van der Waals surface area contributed by atoms with Gasteiger partial charge in [0.05, 0.1) is 30.0 Å². The molecule has 1 aliphatic rings. The van der Waals surface area contributed by atoms with Crippen LogP contribution in [0.2, 0.25) is 0 Å². The van der Waals surface area contributed by atoms with E-state index in [2.05, 4.69) is 34.5 Å². The van der Waals surface area contributed by atoms with Crippen LogP contribution in [0.1, 0.15) is 11.1 Å². The highest BCUT2D eigenvalue weighted by Gasteiger charge is 2.11. The van der Waals surface area contributed by atoms with Gasteiger partial charge in [0.25, 0.3) is 5.69 Å². The molecule has 1 fully saturated rings. The molecule has 0 saturated carbocycles. The Kier molecular flexibility index (Phi) is 5.25. The van der Waals surface area contributed by atoms with Gasteiger partial charge in [-0.25, -0.2) is 0 Å². The van der Waals surface area contributed by atoms with Crippen molar-refractivity contribution in [2.24, 2.45) is 5.10 Å². The number of hydrogen-bond donors (Lipinski definition) is 1. The molecular formula is C18H20N4O3. The van der Waals surface area contributed by atoms with Crippen LogP contribution in [0.3, 0.4) is 0 Å². The Morgan fingerprint density at radius 3 is 2.56 bits per heavy atom. The lowest BCUT2D eigenvalue weighted by atomic mass is 10.1. The molecule has 2 aromatic rings. The van der Waals surface area contributed by atoms with Gasteiger partial charge in [-0.2, -0.15) is 5.10 Å². The van der Waals surface area contributed by atoms with Crippen molar-refractivity contribution in [2.75, 3.05) is 36.6 Å². The molecule has 7 heteroatoms. The average molecular weight is 340 g/mol. The summed E-state index contributed by atoms with van der Waals surface area (Å²) < 4.78 is 5.38. The SMILES string of the molecule is Cc1cc(N2CCOCC2)ccc1/C=N\Nc1ccc([N+](=O)[O-])cc1. The maximum Gasteiger partial charge on any atom is 0.269 e. The van der Waals surface area contributed by atoms with Gasteiger partial charge < -0.3 is 9.64 Å². The van der Waals surface area contributed by atoms with Crippen molar-refractivity contribution < 1.29 is 9.66 Å². The summed E-state index contributed by atoms with van der Waals surface area (Å²) in [6, 6.07) is 12.4. The molecule has 7 nitrogen and oxygen atoms in total. The third-order valence-electron chi connectivity index (χ3n) is 4.11. The van der Waals surface area contributed by atoms with Crippen LogP contribution in [-0.2, 0) is 4.74 Å². The summed E-state index contributed by atoms with van der Waals surface area (Å²) in [7, 11) is 0. The summed E-state index contributed by atoms with van der Waals surface area (Å²) in [5, 5.41) is 14.8. The molecule has 0 amide bonds. The number of aryl methyl sites for hydroxylation is 1. The van der Waals surface area contributed by atoms with E-state index in [1.807, 2.05) is 6.07 Å². The summed E-state index contributed by atoms with van der Waals surface area (Å²) in [5.41, 5.74) is 6.99. The lowest BCUT2D eigenvalue weighted by Gasteiger charge is -2.29. The van der Waals surface area contributed by atoms with Gasteiger partial charge in [0, 0.05) is 30.9 Å². The lowest BCUT2D eigenvalue weighted by molar-refractivity contribution is -0.384. The number of benzene rings is 2. The summed E-state index contributed by atoms with van der Waals surface area (Å²) >= 11 is 0. The smallest absolute Gasteiger partial charge is 0.269 e. The van der Waals surface area contributed by atoms with Gasteiger partial charge in [-0.3, -0.25) is 15.5 Å². The van der Waals surface area contributed by atoms with Gasteiger partial charge in [-0.1, -0.05) is 6.07 Å². The monoisotopic (exact) mass is 340 g/mol. The lowest BCUT2D eigenvalue weighted by Crippen LogP contribution is -2.36. The van der Waals surface area contributed by atoms with Gasteiger partial charge in [-0.15, -0.1) is 0 Å². The third kappa shape index (κ3) is 4.33. The van der Waals surface area contributed by atoms with Crippen molar-refractivity contribution in [2.45, 2.75) is 6.92 Å². The number of nitrogens with one attached hydrogen (secondary N) is 1. The molecule has 0 atom stereocenters. The molecule has 25 heavy (non-hydrogen) atoms. The predicted octanol–water partition coefficient (Wildman–Crippen LogP) is 3.19. The fourth-order valence-corrected chi connectivity index (χ4v) is 2.66. The first-order valence-corrected chi connectivity index (χ1v) is 8.10. The fourth-order valence-electron chi connectivity index (χ4n) is 2.66. The normalized spacial score (nSPS) is 14.7. The Balaban J connectivity index is 1.63. The standard InChI is InChI=1S/C18H20N4O3/c1-14-12-18(21-8-10-25-11-9-21)5-2-15(14)13-19-20-16-3-6-17(7-4-16)22(23)24/h2-7,12-13,20H,8-11H2,1H3/b19-13-. The van der Waals surface area contributed by atoms with E-state index in [1.54, 1.807) is 18.3 Å². The second kappa shape index (κ2) is 7.76. The number of hydrogen-bond acceptors (Lipinski definition) is 6. The van der Waals surface area contributed by atoms with Crippen molar-refractivity contribution in [1.29, 1.82) is 0 Å².